The summed E-state index contributed by atoms with van der Waals surface area (Å²) < 4.78 is 12.7. The van der Waals surface area contributed by atoms with Crippen LogP contribution in [0.25, 0.3) is 6.08 Å². The Morgan fingerprint density at radius 1 is 1.19 bits per heavy atom. The molecule has 1 aromatic heterocycles. The number of hydrogen-bond donors (Lipinski definition) is 0. The number of ether oxygens (including phenoxy) is 2. The minimum Gasteiger partial charge on any atom is -0.497 e. The number of carbonyl (C=O) groups is 1. The van der Waals surface area contributed by atoms with Gasteiger partial charge < -0.3 is 9.47 Å². The van der Waals surface area contributed by atoms with Crippen molar-refractivity contribution in [1.29, 1.82) is 0 Å². The molecule has 0 bridgehead atoms. The standard InChI is InChI=1S/C24H22N2O4S/c1-4-30-23(28)20-15(2)25-24-26(21(20)17-10-6-5-7-11-17)22(27)19(31-24)14-16-9-8-12-18(13-16)29-3/h5-14,21H,4H2,1-3H3/b19-14-. The van der Waals surface area contributed by atoms with Gasteiger partial charge >= 0.3 is 5.97 Å². The molecule has 1 aliphatic rings. The van der Waals surface area contributed by atoms with Crippen molar-refractivity contribution in [2.24, 2.45) is 4.99 Å². The van der Waals surface area contributed by atoms with Gasteiger partial charge in [0, 0.05) is 0 Å². The van der Waals surface area contributed by atoms with Gasteiger partial charge in [-0.25, -0.2) is 9.79 Å². The van der Waals surface area contributed by atoms with E-state index in [4.69, 9.17) is 9.47 Å². The van der Waals surface area contributed by atoms with E-state index in [0.717, 1.165) is 11.1 Å². The zero-order chi connectivity index (χ0) is 22.0. The van der Waals surface area contributed by atoms with Crippen molar-refractivity contribution in [2.45, 2.75) is 19.9 Å². The van der Waals surface area contributed by atoms with Crippen LogP contribution in [-0.4, -0.2) is 24.3 Å². The average Bonchev–Trinajstić information content (AvgIpc) is 3.08. The Labute approximate surface area is 183 Å². The summed E-state index contributed by atoms with van der Waals surface area (Å²) in [4.78, 5) is 31.4. The van der Waals surface area contributed by atoms with Crippen molar-refractivity contribution in [3.63, 3.8) is 0 Å². The fraction of sp³-hybridized carbons (Fsp3) is 0.208. The number of esters is 1. The van der Waals surface area contributed by atoms with E-state index < -0.39 is 12.0 Å². The first kappa shape index (κ1) is 20.8. The lowest BCUT2D eigenvalue weighted by atomic mass is 9.96. The molecule has 158 valence electrons. The highest BCUT2D eigenvalue weighted by molar-refractivity contribution is 7.07. The lowest BCUT2D eigenvalue weighted by Gasteiger charge is -2.24. The number of aromatic nitrogens is 1. The van der Waals surface area contributed by atoms with E-state index in [9.17, 15) is 9.59 Å². The van der Waals surface area contributed by atoms with E-state index in [1.165, 1.54) is 11.3 Å². The van der Waals surface area contributed by atoms with Crippen molar-refractivity contribution in [3.05, 3.63) is 96.7 Å². The Hall–Kier alpha value is -3.45. The van der Waals surface area contributed by atoms with Gasteiger partial charge in [0.2, 0.25) is 0 Å². The van der Waals surface area contributed by atoms with Crippen LogP contribution in [0, 0.1) is 0 Å². The van der Waals surface area contributed by atoms with Crippen molar-refractivity contribution in [2.75, 3.05) is 13.7 Å². The quantitative estimate of drug-likeness (QED) is 0.579. The third kappa shape index (κ3) is 3.96. The molecule has 0 saturated carbocycles. The Morgan fingerprint density at radius 2 is 1.97 bits per heavy atom. The maximum atomic E-state index is 13.5. The van der Waals surface area contributed by atoms with E-state index in [2.05, 4.69) is 4.99 Å². The normalized spacial score (nSPS) is 16.0. The topological polar surface area (TPSA) is 69.9 Å². The summed E-state index contributed by atoms with van der Waals surface area (Å²) in [6.45, 7) is 3.79. The summed E-state index contributed by atoms with van der Waals surface area (Å²) in [5.41, 5.74) is 2.42. The largest absolute Gasteiger partial charge is 0.497 e. The second kappa shape index (κ2) is 8.73. The first-order valence-corrected chi connectivity index (χ1v) is 10.7. The number of benzene rings is 2. The summed E-state index contributed by atoms with van der Waals surface area (Å²) in [7, 11) is 1.60. The Kier molecular flexibility index (Phi) is 5.86. The van der Waals surface area contributed by atoms with Crippen LogP contribution in [0.3, 0.4) is 0 Å². The predicted octanol–water partition coefficient (Wildman–Crippen LogP) is 2.81. The smallest absolute Gasteiger partial charge is 0.338 e. The maximum Gasteiger partial charge on any atom is 0.338 e. The van der Waals surface area contributed by atoms with Crippen molar-refractivity contribution >= 4 is 23.4 Å². The molecule has 4 rings (SSSR count). The van der Waals surface area contributed by atoms with Crippen LogP contribution in [0.1, 0.15) is 31.0 Å². The summed E-state index contributed by atoms with van der Waals surface area (Å²) in [6, 6.07) is 16.4. The molecule has 3 aromatic rings. The lowest BCUT2D eigenvalue weighted by molar-refractivity contribution is -0.139. The first-order chi connectivity index (χ1) is 15.0. The minimum atomic E-state index is -0.594. The fourth-order valence-corrected chi connectivity index (χ4v) is 4.67. The zero-order valence-electron chi connectivity index (χ0n) is 17.5. The molecular formula is C24H22N2O4S. The number of allylic oxidation sites excluding steroid dienone is 1. The van der Waals surface area contributed by atoms with Crippen LogP contribution in [0.15, 0.2) is 75.7 Å². The molecule has 6 nitrogen and oxygen atoms in total. The number of thiazole rings is 1. The van der Waals surface area contributed by atoms with E-state index >= 15 is 0 Å². The second-order valence-electron chi connectivity index (χ2n) is 6.99. The highest BCUT2D eigenvalue weighted by Crippen LogP contribution is 2.30. The van der Waals surface area contributed by atoms with Crippen molar-refractivity contribution in [1.82, 2.24) is 4.57 Å². The Bertz CT molecular complexity index is 1340. The second-order valence-corrected chi connectivity index (χ2v) is 8.00. The van der Waals surface area contributed by atoms with Crippen LogP contribution in [0.4, 0.5) is 0 Å². The van der Waals surface area contributed by atoms with Gasteiger partial charge in [-0.2, -0.15) is 0 Å². The summed E-state index contributed by atoms with van der Waals surface area (Å²) in [5, 5.41) is 0. The van der Waals surface area contributed by atoms with Gasteiger partial charge in [-0.1, -0.05) is 53.8 Å². The Balaban J connectivity index is 1.94. The molecule has 2 heterocycles. The van der Waals surface area contributed by atoms with Gasteiger partial charge in [0.05, 0.1) is 35.6 Å². The van der Waals surface area contributed by atoms with E-state index in [1.807, 2.05) is 60.7 Å². The number of hydrogen-bond acceptors (Lipinski definition) is 6. The molecule has 0 amide bonds. The van der Waals surface area contributed by atoms with Crippen LogP contribution >= 0.6 is 11.3 Å². The number of rotatable bonds is 5. The van der Waals surface area contributed by atoms with E-state index in [-0.39, 0.29) is 12.2 Å². The third-order valence-corrected chi connectivity index (χ3v) is 6.01. The first-order valence-electron chi connectivity index (χ1n) is 9.92. The van der Waals surface area contributed by atoms with Crippen molar-refractivity contribution in [3.8, 4) is 5.75 Å². The highest BCUT2D eigenvalue weighted by Gasteiger charge is 2.33. The molecule has 31 heavy (non-hydrogen) atoms. The number of carbonyl (C=O) groups excluding carboxylic acids is 1. The van der Waals surface area contributed by atoms with Gasteiger partial charge in [0.15, 0.2) is 4.80 Å². The van der Waals surface area contributed by atoms with Gasteiger partial charge in [-0.15, -0.1) is 0 Å². The van der Waals surface area contributed by atoms with Crippen molar-refractivity contribution < 1.29 is 14.3 Å². The lowest BCUT2D eigenvalue weighted by Crippen LogP contribution is -2.39. The fourth-order valence-electron chi connectivity index (χ4n) is 3.62. The molecule has 1 unspecified atom stereocenters. The molecule has 0 N–H and O–H groups in total. The molecule has 0 spiro atoms. The monoisotopic (exact) mass is 434 g/mol. The van der Waals surface area contributed by atoms with E-state index in [1.54, 1.807) is 25.5 Å². The predicted molar refractivity (Wildman–Crippen MR) is 120 cm³/mol. The molecule has 2 aromatic carbocycles. The molecule has 0 radical (unpaired) electrons. The van der Waals surface area contributed by atoms with Gasteiger partial charge in [0.1, 0.15) is 5.75 Å². The number of methoxy groups -OCH3 is 1. The molecule has 1 aliphatic heterocycles. The van der Waals surface area contributed by atoms with Crippen LogP contribution in [0.2, 0.25) is 0 Å². The SMILES string of the molecule is CCOC(=O)C1=C(C)N=c2s/c(=C\c3cccc(OC)c3)c(=O)n2C1c1ccccc1. The molecule has 0 fully saturated rings. The highest BCUT2D eigenvalue weighted by atomic mass is 32.1. The molecular weight excluding hydrogens is 412 g/mol. The maximum absolute atomic E-state index is 13.5. The molecule has 0 aliphatic carbocycles. The number of nitrogens with zero attached hydrogens (tertiary/aromatic N) is 2. The van der Waals surface area contributed by atoms with Gasteiger partial charge in [-0.05, 0) is 43.2 Å². The molecule has 7 heteroatoms. The van der Waals surface area contributed by atoms with E-state index in [0.29, 0.717) is 26.4 Å². The molecule has 1 atom stereocenters. The van der Waals surface area contributed by atoms with Crippen LogP contribution < -0.4 is 19.6 Å². The van der Waals surface area contributed by atoms with Crippen LogP contribution in [-0.2, 0) is 9.53 Å². The Morgan fingerprint density at radius 3 is 2.68 bits per heavy atom. The minimum absolute atomic E-state index is 0.199. The van der Waals surface area contributed by atoms with Gasteiger partial charge in [-0.3, -0.25) is 9.36 Å². The summed E-state index contributed by atoms with van der Waals surface area (Å²) in [5.74, 6) is 0.254. The van der Waals surface area contributed by atoms with Gasteiger partial charge in [0.25, 0.3) is 5.56 Å². The summed E-state index contributed by atoms with van der Waals surface area (Å²) in [6.07, 6.45) is 1.82. The number of fused-ring (bicyclic) bond motifs is 1. The average molecular weight is 435 g/mol. The zero-order valence-corrected chi connectivity index (χ0v) is 18.3. The molecule has 0 saturated heterocycles. The van der Waals surface area contributed by atoms with Crippen LogP contribution in [0.5, 0.6) is 5.75 Å². The summed E-state index contributed by atoms with van der Waals surface area (Å²) >= 11 is 1.30. The third-order valence-electron chi connectivity index (χ3n) is 5.02.